The zero-order valence-corrected chi connectivity index (χ0v) is 14.5. The Hall–Kier alpha value is -1.68. The van der Waals surface area contributed by atoms with Gasteiger partial charge in [0.1, 0.15) is 0 Å². The van der Waals surface area contributed by atoms with Gasteiger partial charge in [0.15, 0.2) is 5.78 Å². The van der Waals surface area contributed by atoms with Crippen LogP contribution in [0.1, 0.15) is 66.9 Å². The van der Waals surface area contributed by atoms with Crippen LogP contribution in [-0.2, 0) is 17.6 Å². The first-order valence-electron chi connectivity index (χ1n) is 9.17. The molecule has 1 aromatic carbocycles. The molecule has 130 valence electrons. The van der Waals surface area contributed by atoms with Gasteiger partial charge in [0.2, 0.25) is 5.91 Å². The van der Waals surface area contributed by atoms with Crippen LogP contribution in [0.25, 0.3) is 0 Å². The van der Waals surface area contributed by atoms with Crippen molar-refractivity contribution in [2.75, 3.05) is 6.54 Å². The zero-order valence-electron chi connectivity index (χ0n) is 14.5. The number of nitrogens with zero attached hydrogens (tertiary/aromatic N) is 1. The number of benzene rings is 1. The van der Waals surface area contributed by atoms with Crippen molar-refractivity contribution in [3.8, 4) is 0 Å². The van der Waals surface area contributed by atoms with Crippen LogP contribution in [0, 0.1) is 0 Å². The second-order valence-electron chi connectivity index (χ2n) is 7.23. The number of aliphatic hydroxyl groups excluding tert-OH is 1. The van der Waals surface area contributed by atoms with Crippen molar-refractivity contribution in [1.82, 2.24) is 4.90 Å². The minimum Gasteiger partial charge on any atom is -0.393 e. The summed E-state index contributed by atoms with van der Waals surface area (Å²) in [7, 11) is 0. The van der Waals surface area contributed by atoms with Gasteiger partial charge in [-0.15, -0.1) is 0 Å². The van der Waals surface area contributed by atoms with Gasteiger partial charge in [-0.05, 0) is 62.6 Å². The summed E-state index contributed by atoms with van der Waals surface area (Å²) >= 11 is 0. The van der Waals surface area contributed by atoms with Crippen LogP contribution in [-0.4, -0.2) is 40.4 Å². The number of Topliss-reactive ketones (excluding diaryl/α,β-unsaturated/α-hetero) is 1. The average molecular weight is 329 g/mol. The highest BCUT2D eigenvalue weighted by molar-refractivity contribution is 5.98. The molecule has 4 heteroatoms. The Labute approximate surface area is 143 Å². The van der Waals surface area contributed by atoms with Crippen molar-refractivity contribution >= 4 is 11.7 Å². The van der Waals surface area contributed by atoms with Crippen LogP contribution in [0.5, 0.6) is 0 Å². The Morgan fingerprint density at radius 1 is 1.21 bits per heavy atom. The van der Waals surface area contributed by atoms with E-state index in [4.69, 9.17) is 0 Å². The third-order valence-electron chi connectivity index (χ3n) is 5.30. The maximum atomic E-state index is 12.5. The molecule has 0 bridgehead atoms. The number of ketones is 1. The zero-order chi connectivity index (χ0) is 17.1. The van der Waals surface area contributed by atoms with Crippen LogP contribution in [0.15, 0.2) is 18.2 Å². The molecule has 24 heavy (non-hydrogen) atoms. The summed E-state index contributed by atoms with van der Waals surface area (Å²) in [5, 5.41) is 9.56. The van der Waals surface area contributed by atoms with Crippen molar-refractivity contribution in [3.63, 3.8) is 0 Å². The highest BCUT2D eigenvalue weighted by Gasteiger charge is 2.29. The minimum absolute atomic E-state index is 0.0488. The quantitative estimate of drug-likeness (QED) is 0.817. The van der Waals surface area contributed by atoms with E-state index in [0.29, 0.717) is 6.42 Å². The molecule has 1 fully saturated rings. The number of hydrogen-bond donors (Lipinski definition) is 1. The molecule has 4 nitrogen and oxygen atoms in total. The molecule has 1 saturated heterocycles. The van der Waals surface area contributed by atoms with Gasteiger partial charge in [0, 0.05) is 31.0 Å². The number of carbonyl (C=O) groups is 2. The number of aryl methyl sites for hydroxylation is 2. The lowest BCUT2D eigenvalue weighted by Gasteiger charge is -2.25. The molecule has 1 amide bonds. The molecule has 1 heterocycles. The van der Waals surface area contributed by atoms with Crippen LogP contribution in [0.4, 0.5) is 0 Å². The molecular formula is C20H27NO3. The molecule has 3 rings (SSSR count). The van der Waals surface area contributed by atoms with Gasteiger partial charge in [-0.1, -0.05) is 12.1 Å². The fourth-order valence-electron chi connectivity index (χ4n) is 4.06. The highest BCUT2D eigenvalue weighted by Crippen LogP contribution is 2.25. The predicted molar refractivity (Wildman–Crippen MR) is 93.1 cm³/mol. The van der Waals surface area contributed by atoms with E-state index in [1.807, 2.05) is 17.0 Å². The molecule has 2 aliphatic rings. The molecular weight excluding hydrogens is 302 g/mol. The van der Waals surface area contributed by atoms with E-state index in [-0.39, 0.29) is 30.6 Å². The fraction of sp³-hybridized carbons (Fsp3) is 0.600. The summed E-state index contributed by atoms with van der Waals surface area (Å²) in [4.78, 5) is 26.7. The summed E-state index contributed by atoms with van der Waals surface area (Å²) < 4.78 is 0. The van der Waals surface area contributed by atoms with Gasteiger partial charge in [-0.25, -0.2) is 0 Å². The molecule has 0 spiro atoms. The number of likely N-dealkylation sites (tertiary alicyclic amines) is 1. The third-order valence-corrected chi connectivity index (χ3v) is 5.30. The molecule has 0 radical (unpaired) electrons. The van der Waals surface area contributed by atoms with Crippen molar-refractivity contribution in [1.29, 1.82) is 0 Å². The minimum atomic E-state index is -0.392. The second kappa shape index (κ2) is 7.47. The lowest BCUT2D eigenvalue weighted by atomic mass is 10.0. The first-order chi connectivity index (χ1) is 11.5. The number of rotatable bonds is 6. The largest absolute Gasteiger partial charge is 0.393 e. The Kier molecular flexibility index (Phi) is 5.34. The standard InChI is InChI=1S/C20H27NO3/c1-14(22)12-18-6-3-11-21(18)20(24)10-9-19(23)17-8-7-15-4-2-5-16(15)13-17/h7-8,13-14,18,22H,2-6,9-12H2,1H3. The first kappa shape index (κ1) is 17.2. The summed E-state index contributed by atoms with van der Waals surface area (Å²) in [6.45, 7) is 2.52. The van der Waals surface area contributed by atoms with Crippen LogP contribution in [0.2, 0.25) is 0 Å². The molecule has 1 aliphatic carbocycles. The molecule has 0 aromatic heterocycles. The lowest BCUT2D eigenvalue weighted by molar-refractivity contribution is -0.132. The smallest absolute Gasteiger partial charge is 0.223 e. The summed E-state index contributed by atoms with van der Waals surface area (Å²) in [6, 6.07) is 6.12. The number of fused-ring (bicyclic) bond motifs is 1. The fourth-order valence-corrected chi connectivity index (χ4v) is 4.06. The first-order valence-corrected chi connectivity index (χ1v) is 9.17. The second-order valence-corrected chi connectivity index (χ2v) is 7.23. The van der Waals surface area contributed by atoms with Gasteiger partial charge in [0.25, 0.3) is 0 Å². The van der Waals surface area contributed by atoms with Gasteiger partial charge in [-0.3, -0.25) is 9.59 Å². The number of carbonyl (C=O) groups excluding carboxylic acids is 2. The van der Waals surface area contributed by atoms with Gasteiger partial charge in [0.05, 0.1) is 6.10 Å². The molecule has 1 aromatic rings. The van der Waals surface area contributed by atoms with E-state index in [9.17, 15) is 14.7 Å². The Morgan fingerprint density at radius 3 is 2.79 bits per heavy atom. The average Bonchev–Trinajstić information content (AvgIpc) is 3.19. The van der Waals surface area contributed by atoms with Crippen molar-refractivity contribution in [2.45, 2.75) is 70.4 Å². The SMILES string of the molecule is CC(O)CC1CCCN1C(=O)CCC(=O)c1ccc2c(c1)CCC2. The van der Waals surface area contributed by atoms with Crippen LogP contribution < -0.4 is 0 Å². The summed E-state index contributed by atoms with van der Waals surface area (Å²) in [5.74, 6) is 0.108. The van der Waals surface area contributed by atoms with E-state index in [0.717, 1.165) is 37.8 Å². The van der Waals surface area contributed by atoms with E-state index >= 15 is 0 Å². The van der Waals surface area contributed by atoms with Crippen molar-refractivity contribution < 1.29 is 14.7 Å². The van der Waals surface area contributed by atoms with Gasteiger partial charge >= 0.3 is 0 Å². The highest BCUT2D eigenvalue weighted by atomic mass is 16.3. The number of amides is 1. The van der Waals surface area contributed by atoms with E-state index < -0.39 is 6.10 Å². The molecule has 1 N–H and O–H groups in total. The van der Waals surface area contributed by atoms with Gasteiger partial charge in [-0.2, -0.15) is 0 Å². The van der Waals surface area contributed by atoms with Crippen molar-refractivity contribution in [3.05, 3.63) is 34.9 Å². The van der Waals surface area contributed by atoms with Crippen LogP contribution >= 0.6 is 0 Å². The van der Waals surface area contributed by atoms with E-state index in [2.05, 4.69) is 6.07 Å². The number of aliphatic hydroxyl groups is 1. The van der Waals surface area contributed by atoms with E-state index in [1.165, 1.54) is 17.5 Å². The Morgan fingerprint density at radius 2 is 2.00 bits per heavy atom. The maximum absolute atomic E-state index is 12.5. The maximum Gasteiger partial charge on any atom is 0.223 e. The molecule has 2 atom stereocenters. The predicted octanol–water partition coefficient (Wildman–Crippen LogP) is 2.90. The number of hydrogen-bond acceptors (Lipinski definition) is 3. The molecule has 0 saturated carbocycles. The monoisotopic (exact) mass is 329 g/mol. The van der Waals surface area contributed by atoms with Crippen molar-refractivity contribution in [2.24, 2.45) is 0 Å². The topological polar surface area (TPSA) is 57.6 Å². The van der Waals surface area contributed by atoms with E-state index in [1.54, 1.807) is 6.92 Å². The summed E-state index contributed by atoms with van der Waals surface area (Å²) in [6.07, 6.45) is 6.07. The Bertz CT molecular complexity index is 623. The van der Waals surface area contributed by atoms with Gasteiger partial charge < -0.3 is 10.0 Å². The lowest BCUT2D eigenvalue weighted by Crippen LogP contribution is -2.37. The normalized spacial score (nSPS) is 20.9. The van der Waals surface area contributed by atoms with Crippen LogP contribution in [0.3, 0.4) is 0 Å². The summed E-state index contributed by atoms with van der Waals surface area (Å²) in [5.41, 5.74) is 3.40. The third kappa shape index (κ3) is 3.86. The molecule has 1 aliphatic heterocycles. The Balaban J connectivity index is 1.55. The molecule has 2 unspecified atom stereocenters.